The van der Waals surface area contributed by atoms with Gasteiger partial charge < -0.3 is 0 Å². The molecule has 2 aliphatic rings. The Labute approximate surface area is 89.0 Å². The van der Waals surface area contributed by atoms with Gasteiger partial charge in [-0.1, -0.05) is 24.3 Å². The van der Waals surface area contributed by atoms with E-state index in [1.54, 1.807) is 6.08 Å². The van der Waals surface area contributed by atoms with E-state index in [2.05, 4.69) is 29.3 Å². The quantitative estimate of drug-likeness (QED) is 0.543. The number of carbonyl (C=O) groups excluding carboxylic acids is 1. The van der Waals surface area contributed by atoms with Gasteiger partial charge in [0.25, 0.3) is 0 Å². The summed E-state index contributed by atoms with van der Waals surface area (Å²) in [5.41, 5.74) is 2.41. The van der Waals surface area contributed by atoms with E-state index in [-0.39, 0.29) is 5.54 Å². The number of hydrogen-bond donors (Lipinski definition) is 0. The summed E-state index contributed by atoms with van der Waals surface area (Å²) in [6.45, 7) is 0. The largest absolute Gasteiger partial charge is 0.235 e. The van der Waals surface area contributed by atoms with Crippen molar-refractivity contribution in [2.45, 2.75) is 37.1 Å². The van der Waals surface area contributed by atoms with Crippen LogP contribution in [0, 0.1) is 0 Å². The zero-order chi connectivity index (χ0) is 10.3. The number of benzene rings is 1. The Bertz CT molecular complexity index is 420. The Morgan fingerprint density at radius 3 is 2.33 bits per heavy atom. The monoisotopic (exact) mass is 199 g/mol. The van der Waals surface area contributed by atoms with Crippen LogP contribution in [0.1, 0.15) is 42.7 Å². The maximum Gasteiger partial charge on any atom is 0.235 e. The number of rotatable bonds is 3. The molecule has 2 fully saturated rings. The van der Waals surface area contributed by atoms with Gasteiger partial charge in [0.05, 0.1) is 5.54 Å². The minimum Gasteiger partial charge on any atom is -0.211 e. The maximum atomic E-state index is 10.3. The fraction of sp³-hybridized carbons (Fsp3) is 0.462. The normalized spacial score (nSPS) is 21.9. The lowest BCUT2D eigenvalue weighted by Crippen LogP contribution is -2.01. The molecule has 0 aromatic heterocycles. The molecule has 0 N–H and O–H groups in total. The van der Waals surface area contributed by atoms with Gasteiger partial charge in [-0.05, 0) is 42.7 Å². The fourth-order valence-electron chi connectivity index (χ4n) is 2.15. The summed E-state index contributed by atoms with van der Waals surface area (Å²) in [6, 6.07) is 8.63. The van der Waals surface area contributed by atoms with Crippen molar-refractivity contribution in [3.8, 4) is 0 Å². The lowest BCUT2D eigenvalue weighted by molar-refractivity contribution is 0.556. The summed E-state index contributed by atoms with van der Waals surface area (Å²) in [6.07, 6.45) is 6.34. The third kappa shape index (κ3) is 1.51. The van der Waals surface area contributed by atoms with E-state index in [0.717, 1.165) is 18.8 Å². The molecular weight excluding hydrogens is 186 g/mol. The molecule has 2 heteroatoms. The van der Waals surface area contributed by atoms with Crippen molar-refractivity contribution in [1.29, 1.82) is 0 Å². The van der Waals surface area contributed by atoms with E-state index in [1.807, 2.05) is 0 Å². The van der Waals surface area contributed by atoms with Crippen molar-refractivity contribution in [3.05, 3.63) is 35.4 Å². The second-order valence-corrected chi connectivity index (χ2v) is 4.63. The Balaban J connectivity index is 1.89. The van der Waals surface area contributed by atoms with E-state index in [4.69, 9.17) is 0 Å². The van der Waals surface area contributed by atoms with Gasteiger partial charge in [0.2, 0.25) is 6.08 Å². The van der Waals surface area contributed by atoms with E-state index in [9.17, 15) is 4.79 Å². The van der Waals surface area contributed by atoms with Gasteiger partial charge in [-0.3, -0.25) is 0 Å². The summed E-state index contributed by atoms with van der Waals surface area (Å²) in [5, 5.41) is 0. The van der Waals surface area contributed by atoms with Crippen LogP contribution in [0.5, 0.6) is 0 Å². The number of hydrogen-bond acceptors (Lipinski definition) is 2. The molecule has 0 atom stereocenters. The highest BCUT2D eigenvalue weighted by atomic mass is 16.1. The van der Waals surface area contributed by atoms with Gasteiger partial charge in [-0.2, -0.15) is 4.99 Å². The molecule has 0 aliphatic heterocycles. The zero-order valence-corrected chi connectivity index (χ0v) is 8.57. The predicted molar refractivity (Wildman–Crippen MR) is 57.5 cm³/mol. The third-order valence-corrected chi connectivity index (χ3v) is 3.48. The SMILES string of the molecule is O=C=NC1(c2ccc(C3CC3)cc2)CC1. The Kier molecular flexibility index (Phi) is 1.80. The molecule has 0 amide bonds. The lowest BCUT2D eigenvalue weighted by Gasteiger charge is -2.08. The molecule has 2 saturated carbocycles. The summed E-state index contributed by atoms with van der Waals surface area (Å²) >= 11 is 0. The van der Waals surface area contributed by atoms with Crippen LogP contribution in [0.25, 0.3) is 0 Å². The van der Waals surface area contributed by atoms with Gasteiger partial charge in [-0.25, -0.2) is 4.79 Å². The van der Waals surface area contributed by atoms with E-state index < -0.39 is 0 Å². The molecule has 0 heterocycles. The average Bonchev–Trinajstić information content (AvgIpc) is 3.14. The molecule has 2 aliphatic carbocycles. The molecule has 15 heavy (non-hydrogen) atoms. The van der Waals surface area contributed by atoms with Crippen molar-refractivity contribution in [2.75, 3.05) is 0 Å². The Hall–Kier alpha value is -1.40. The topological polar surface area (TPSA) is 29.4 Å². The minimum absolute atomic E-state index is 0.205. The van der Waals surface area contributed by atoms with Crippen LogP contribution in [0.3, 0.4) is 0 Å². The molecular formula is C13H13NO. The molecule has 0 bridgehead atoms. The molecule has 3 rings (SSSR count). The highest BCUT2D eigenvalue weighted by Gasteiger charge is 2.44. The van der Waals surface area contributed by atoms with Crippen LogP contribution in [-0.4, -0.2) is 6.08 Å². The highest BCUT2D eigenvalue weighted by Crippen LogP contribution is 2.49. The summed E-state index contributed by atoms with van der Waals surface area (Å²) < 4.78 is 0. The first-order valence-corrected chi connectivity index (χ1v) is 5.53. The van der Waals surface area contributed by atoms with Gasteiger partial charge in [0.1, 0.15) is 0 Å². The second-order valence-electron chi connectivity index (χ2n) is 4.63. The minimum atomic E-state index is -0.205. The lowest BCUT2D eigenvalue weighted by atomic mass is 10.0. The van der Waals surface area contributed by atoms with Crippen LogP contribution in [-0.2, 0) is 10.3 Å². The van der Waals surface area contributed by atoms with Crippen LogP contribution < -0.4 is 0 Å². The first-order valence-electron chi connectivity index (χ1n) is 5.53. The Morgan fingerprint density at radius 2 is 1.87 bits per heavy atom. The van der Waals surface area contributed by atoms with Crippen molar-refractivity contribution in [3.63, 3.8) is 0 Å². The van der Waals surface area contributed by atoms with E-state index in [1.165, 1.54) is 24.0 Å². The molecule has 0 spiro atoms. The number of isocyanates is 1. The number of aliphatic imine (C=N–C) groups is 1. The third-order valence-electron chi connectivity index (χ3n) is 3.48. The van der Waals surface area contributed by atoms with E-state index >= 15 is 0 Å². The van der Waals surface area contributed by atoms with Crippen molar-refractivity contribution >= 4 is 6.08 Å². The summed E-state index contributed by atoms with van der Waals surface area (Å²) in [5.74, 6) is 0.795. The molecule has 1 aromatic rings. The highest BCUT2D eigenvalue weighted by molar-refractivity contribution is 5.42. The molecule has 2 nitrogen and oxygen atoms in total. The number of nitrogens with zero attached hydrogens (tertiary/aromatic N) is 1. The van der Waals surface area contributed by atoms with Crippen molar-refractivity contribution in [1.82, 2.24) is 0 Å². The van der Waals surface area contributed by atoms with Crippen molar-refractivity contribution < 1.29 is 4.79 Å². The van der Waals surface area contributed by atoms with Crippen LogP contribution >= 0.6 is 0 Å². The van der Waals surface area contributed by atoms with Crippen LogP contribution in [0.15, 0.2) is 29.3 Å². The smallest absolute Gasteiger partial charge is 0.211 e. The first kappa shape index (κ1) is 8.87. The zero-order valence-electron chi connectivity index (χ0n) is 8.57. The fourth-order valence-corrected chi connectivity index (χ4v) is 2.15. The first-order chi connectivity index (χ1) is 7.34. The summed E-state index contributed by atoms with van der Waals surface area (Å²) in [4.78, 5) is 14.2. The van der Waals surface area contributed by atoms with Crippen LogP contribution in [0.2, 0.25) is 0 Å². The average molecular weight is 199 g/mol. The molecule has 76 valence electrons. The van der Waals surface area contributed by atoms with E-state index in [0.29, 0.717) is 0 Å². The summed E-state index contributed by atoms with van der Waals surface area (Å²) in [7, 11) is 0. The molecule has 1 aromatic carbocycles. The molecule has 0 saturated heterocycles. The Morgan fingerprint density at radius 1 is 1.20 bits per heavy atom. The maximum absolute atomic E-state index is 10.3. The molecule has 0 unspecified atom stereocenters. The molecule has 0 radical (unpaired) electrons. The van der Waals surface area contributed by atoms with Gasteiger partial charge in [0, 0.05) is 0 Å². The van der Waals surface area contributed by atoms with Crippen LogP contribution in [0.4, 0.5) is 0 Å². The second kappa shape index (κ2) is 3.04. The van der Waals surface area contributed by atoms with Gasteiger partial charge in [-0.15, -0.1) is 0 Å². The van der Waals surface area contributed by atoms with Gasteiger partial charge in [0.15, 0.2) is 0 Å². The standard InChI is InChI=1S/C13H13NO/c15-9-14-13(7-8-13)12-5-3-11(4-6-12)10-1-2-10/h3-6,10H,1-2,7-8H2. The van der Waals surface area contributed by atoms with Gasteiger partial charge >= 0.3 is 0 Å². The van der Waals surface area contributed by atoms with Crippen molar-refractivity contribution in [2.24, 2.45) is 4.99 Å². The predicted octanol–water partition coefficient (Wildman–Crippen LogP) is 2.89.